The third kappa shape index (κ3) is 20.5. The molecular weight excluding hydrogens is 630 g/mol. The van der Waals surface area contributed by atoms with Crippen LogP contribution in [0.2, 0.25) is 0 Å². The van der Waals surface area contributed by atoms with E-state index in [1.54, 1.807) is 0 Å². The number of hydrogen-bond donors (Lipinski definition) is 8. The molecule has 11 heteroatoms. The smallest absolute Gasteiger partial charge is 0.249 e. The van der Waals surface area contributed by atoms with Gasteiger partial charge in [-0.1, -0.05) is 129 Å². The van der Waals surface area contributed by atoms with Gasteiger partial charge in [-0.15, -0.1) is 0 Å². The van der Waals surface area contributed by atoms with Crippen LogP contribution in [-0.4, -0.2) is 110 Å². The Labute approximate surface area is 296 Å². The fourth-order valence-electron chi connectivity index (χ4n) is 6.18. The number of aliphatic hydroxyl groups excluding tert-OH is 7. The van der Waals surface area contributed by atoms with Crippen molar-refractivity contribution in [3.63, 3.8) is 0 Å². The first kappa shape index (κ1) is 45.9. The minimum absolute atomic E-state index is 0.252. The molecule has 8 N–H and O–H groups in total. The summed E-state index contributed by atoms with van der Waals surface area (Å²) in [6.07, 6.45) is 17.1. The van der Waals surface area contributed by atoms with E-state index in [9.17, 15) is 40.5 Å². The van der Waals surface area contributed by atoms with Crippen LogP contribution in [0.1, 0.15) is 155 Å². The van der Waals surface area contributed by atoms with E-state index in [4.69, 9.17) is 9.47 Å². The molecule has 0 aromatic carbocycles. The number of aliphatic hydroxyl groups is 7. The lowest BCUT2D eigenvalue weighted by atomic mass is 9.99. The van der Waals surface area contributed by atoms with Crippen LogP contribution in [-0.2, 0) is 14.3 Å². The van der Waals surface area contributed by atoms with Gasteiger partial charge in [-0.05, 0) is 38.5 Å². The molecule has 49 heavy (non-hydrogen) atoms. The van der Waals surface area contributed by atoms with Gasteiger partial charge in [0, 0.05) is 0 Å². The predicted octanol–water partition coefficient (Wildman–Crippen LogP) is 4.55. The minimum Gasteiger partial charge on any atom is -0.394 e. The first-order valence-electron chi connectivity index (χ1n) is 19.6. The molecule has 1 amide bonds. The molecule has 0 saturated carbocycles. The quantitative estimate of drug-likeness (QED) is 0.0376. The van der Waals surface area contributed by atoms with Crippen molar-refractivity contribution < 1.29 is 50.0 Å². The van der Waals surface area contributed by atoms with Crippen molar-refractivity contribution in [3.8, 4) is 0 Å². The van der Waals surface area contributed by atoms with Gasteiger partial charge >= 0.3 is 0 Å². The summed E-state index contributed by atoms with van der Waals surface area (Å²) in [6.45, 7) is 3.14. The maximum Gasteiger partial charge on any atom is 0.249 e. The van der Waals surface area contributed by atoms with Crippen molar-refractivity contribution in [3.05, 3.63) is 12.2 Å². The molecular formula is C38H73NO10. The van der Waals surface area contributed by atoms with Crippen LogP contribution < -0.4 is 5.32 Å². The predicted molar refractivity (Wildman–Crippen MR) is 192 cm³/mol. The van der Waals surface area contributed by atoms with Crippen molar-refractivity contribution in [2.75, 3.05) is 13.2 Å². The Morgan fingerprint density at radius 3 is 1.73 bits per heavy atom. The molecule has 11 nitrogen and oxygen atoms in total. The first-order valence-corrected chi connectivity index (χ1v) is 19.6. The average molecular weight is 704 g/mol. The van der Waals surface area contributed by atoms with E-state index in [0.29, 0.717) is 12.8 Å². The van der Waals surface area contributed by atoms with Crippen molar-refractivity contribution in [1.29, 1.82) is 0 Å². The molecule has 0 aromatic rings. The number of carbonyl (C=O) groups is 1. The molecule has 1 rings (SSSR count). The third-order valence-electron chi connectivity index (χ3n) is 9.57. The molecule has 0 aromatic heterocycles. The van der Waals surface area contributed by atoms with E-state index in [2.05, 4.69) is 24.4 Å². The standard InChI is InChI=1S/C38H73NO10/c1-3-5-7-8-9-10-11-12-13-14-15-16-17-18-19-20-21-22-23-24-26-31(42)37(47)39-29(33(43)30(41)25-6-4-2)28-48-38-36(46)35(45)34(44)32(27-40)49-38/h16-17,29-36,38,40-46H,3-15,18-28H2,1-2H3,(H,39,47)/b17-16-. The second-order valence-electron chi connectivity index (χ2n) is 14.0. The Balaban J connectivity index is 2.28. The monoisotopic (exact) mass is 704 g/mol. The topological polar surface area (TPSA) is 189 Å². The second-order valence-corrected chi connectivity index (χ2v) is 14.0. The Morgan fingerprint density at radius 2 is 1.20 bits per heavy atom. The maximum absolute atomic E-state index is 12.8. The molecule has 0 radical (unpaired) electrons. The molecule has 1 fully saturated rings. The van der Waals surface area contributed by atoms with E-state index in [0.717, 1.165) is 38.5 Å². The van der Waals surface area contributed by atoms with Gasteiger partial charge in [0.2, 0.25) is 5.91 Å². The molecule has 0 spiro atoms. The highest BCUT2D eigenvalue weighted by Crippen LogP contribution is 2.23. The van der Waals surface area contributed by atoms with Gasteiger partial charge in [0.05, 0.1) is 25.4 Å². The molecule has 0 aliphatic carbocycles. The van der Waals surface area contributed by atoms with E-state index < -0.39 is 74.2 Å². The lowest BCUT2D eigenvalue weighted by Crippen LogP contribution is -2.60. The van der Waals surface area contributed by atoms with Gasteiger partial charge in [0.25, 0.3) is 0 Å². The number of amides is 1. The summed E-state index contributed by atoms with van der Waals surface area (Å²) < 4.78 is 10.9. The Kier molecular flexibility index (Phi) is 27.6. The molecule has 290 valence electrons. The summed E-state index contributed by atoms with van der Waals surface area (Å²) in [5.74, 6) is -0.714. The van der Waals surface area contributed by atoms with Crippen LogP contribution >= 0.6 is 0 Å². The van der Waals surface area contributed by atoms with Gasteiger partial charge in [0.15, 0.2) is 6.29 Å². The van der Waals surface area contributed by atoms with Crippen LogP contribution in [0.3, 0.4) is 0 Å². The van der Waals surface area contributed by atoms with E-state index in [-0.39, 0.29) is 12.8 Å². The molecule has 9 atom stereocenters. The van der Waals surface area contributed by atoms with Gasteiger partial charge in [-0.3, -0.25) is 4.79 Å². The number of rotatable bonds is 31. The Morgan fingerprint density at radius 1 is 0.694 bits per heavy atom. The zero-order valence-electron chi connectivity index (χ0n) is 30.7. The third-order valence-corrected chi connectivity index (χ3v) is 9.57. The lowest BCUT2D eigenvalue weighted by Gasteiger charge is -2.40. The number of hydrogen-bond acceptors (Lipinski definition) is 10. The average Bonchev–Trinajstić information content (AvgIpc) is 3.10. The Hall–Kier alpha value is -1.15. The minimum atomic E-state index is -1.66. The molecule has 9 unspecified atom stereocenters. The molecule has 1 aliphatic rings. The summed E-state index contributed by atoms with van der Waals surface area (Å²) in [5.41, 5.74) is 0. The summed E-state index contributed by atoms with van der Waals surface area (Å²) in [7, 11) is 0. The van der Waals surface area contributed by atoms with E-state index in [1.165, 1.54) is 77.0 Å². The van der Waals surface area contributed by atoms with Crippen LogP contribution in [0.15, 0.2) is 12.2 Å². The summed E-state index contributed by atoms with van der Waals surface area (Å²) in [4.78, 5) is 12.8. The van der Waals surface area contributed by atoms with Crippen molar-refractivity contribution in [1.82, 2.24) is 5.32 Å². The number of allylic oxidation sites excluding steroid dienone is 2. The van der Waals surface area contributed by atoms with Crippen LogP contribution in [0.25, 0.3) is 0 Å². The van der Waals surface area contributed by atoms with E-state index in [1.807, 2.05) is 6.92 Å². The van der Waals surface area contributed by atoms with Crippen LogP contribution in [0.4, 0.5) is 0 Å². The lowest BCUT2D eigenvalue weighted by molar-refractivity contribution is -0.303. The molecule has 1 heterocycles. The van der Waals surface area contributed by atoms with E-state index >= 15 is 0 Å². The van der Waals surface area contributed by atoms with Gasteiger partial charge in [-0.2, -0.15) is 0 Å². The number of nitrogens with one attached hydrogen (secondary N) is 1. The highest BCUT2D eigenvalue weighted by Gasteiger charge is 2.44. The van der Waals surface area contributed by atoms with Crippen LogP contribution in [0.5, 0.6) is 0 Å². The summed E-state index contributed by atoms with van der Waals surface area (Å²) >= 11 is 0. The summed E-state index contributed by atoms with van der Waals surface area (Å²) in [6, 6.07) is -1.16. The summed E-state index contributed by atoms with van der Waals surface area (Å²) in [5, 5.41) is 74.1. The van der Waals surface area contributed by atoms with Crippen LogP contribution in [0, 0.1) is 0 Å². The highest BCUT2D eigenvalue weighted by atomic mass is 16.7. The molecule has 0 bridgehead atoms. The Bertz CT molecular complexity index is 815. The number of carbonyl (C=O) groups excluding carboxylic acids is 1. The fourth-order valence-corrected chi connectivity index (χ4v) is 6.18. The normalized spacial score (nSPS) is 23.8. The molecule has 1 saturated heterocycles. The largest absolute Gasteiger partial charge is 0.394 e. The number of ether oxygens (including phenoxy) is 2. The van der Waals surface area contributed by atoms with Crippen molar-refractivity contribution >= 4 is 5.91 Å². The first-order chi connectivity index (χ1) is 23.7. The van der Waals surface area contributed by atoms with Gasteiger partial charge in [-0.25, -0.2) is 0 Å². The second kappa shape index (κ2) is 29.4. The number of unbranched alkanes of at least 4 members (excludes halogenated alkanes) is 17. The molecule has 1 aliphatic heterocycles. The van der Waals surface area contributed by atoms with Gasteiger partial charge < -0.3 is 50.5 Å². The van der Waals surface area contributed by atoms with Crippen molar-refractivity contribution in [2.45, 2.75) is 210 Å². The zero-order chi connectivity index (χ0) is 36.3. The SMILES string of the molecule is CCCCCCCCCCCC/C=C\CCCCCCCCC(O)C(=O)NC(COC1OC(CO)C(O)C(O)C1O)C(O)C(O)CCCC. The van der Waals surface area contributed by atoms with Crippen molar-refractivity contribution in [2.24, 2.45) is 0 Å². The van der Waals surface area contributed by atoms with Gasteiger partial charge in [0.1, 0.15) is 36.6 Å². The highest BCUT2D eigenvalue weighted by molar-refractivity contribution is 5.80. The fraction of sp³-hybridized carbons (Fsp3) is 0.921. The maximum atomic E-state index is 12.8. The zero-order valence-corrected chi connectivity index (χ0v) is 30.7.